The summed E-state index contributed by atoms with van der Waals surface area (Å²) in [5.74, 6) is 0.884. The van der Waals surface area contributed by atoms with E-state index in [-0.39, 0.29) is 12.5 Å². The third kappa shape index (κ3) is 3.72. The standard InChI is InChI=1S/C15H24O3/c1-10(2)15(5,17)9-18-14-7-6-13(12(4)16)8-11(14)3/h6-8,10,12,16-17H,9H2,1-5H3. The molecule has 3 heteroatoms. The van der Waals surface area contributed by atoms with Gasteiger partial charge in [-0.25, -0.2) is 0 Å². The second-order valence-corrected chi connectivity index (χ2v) is 5.50. The van der Waals surface area contributed by atoms with Crippen LogP contribution in [0.2, 0.25) is 0 Å². The number of aliphatic hydroxyl groups excluding tert-OH is 1. The van der Waals surface area contributed by atoms with Crippen molar-refractivity contribution >= 4 is 0 Å². The predicted octanol–water partition coefficient (Wildman–Crippen LogP) is 2.83. The first kappa shape index (κ1) is 15.0. The molecule has 0 saturated heterocycles. The van der Waals surface area contributed by atoms with E-state index in [4.69, 9.17) is 4.74 Å². The molecule has 0 aliphatic carbocycles. The smallest absolute Gasteiger partial charge is 0.122 e. The van der Waals surface area contributed by atoms with Gasteiger partial charge in [0.05, 0.1) is 11.7 Å². The zero-order chi connectivity index (χ0) is 13.9. The number of hydrogen-bond donors (Lipinski definition) is 2. The third-order valence-corrected chi connectivity index (χ3v) is 3.45. The lowest BCUT2D eigenvalue weighted by Crippen LogP contribution is -2.37. The maximum atomic E-state index is 10.1. The lowest BCUT2D eigenvalue weighted by Gasteiger charge is -2.27. The van der Waals surface area contributed by atoms with Crippen molar-refractivity contribution in [3.63, 3.8) is 0 Å². The Morgan fingerprint density at radius 3 is 2.33 bits per heavy atom. The van der Waals surface area contributed by atoms with E-state index in [1.54, 1.807) is 13.8 Å². The van der Waals surface area contributed by atoms with Gasteiger partial charge in [0.2, 0.25) is 0 Å². The highest BCUT2D eigenvalue weighted by atomic mass is 16.5. The third-order valence-electron chi connectivity index (χ3n) is 3.45. The van der Waals surface area contributed by atoms with Crippen LogP contribution in [0.5, 0.6) is 5.75 Å². The molecule has 0 aromatic heterocycles. The van der Waals surface area contributed by atoms with Crippen molar-refractivity contribution in [2.45, 2.75) is 46.3 Å². The molecule has 0 radical (unpaired) electrons. The van der Waals surface area contributed by atoms with Gasteiger partial charge in [0.1, 0.15) is 12.4 Å². The molecule has 102 valence electrons. The monoisotopic (exact) mass is 252 g/mol. The molecule has 0 heterocycles. The van der Waals surface area contributed by atoms with Crippen LogP contribution >= 0.6 is 0 Å². The summed E-state index contributed by atoms with van der Waals surface area (Å²) in [7, 11) is 0. The summed E-state index contributed by atoms with van der Waals surface area (Å²) in [5.41, 5.74) is 0.999. The molecule has 0 bridgehead atoms. The molecule has 0 aliphatic rings. The fraction of sp³-hybridized carbons (Fsp3) is 0.600. The highest BCUT2D eigenvalue weighted by Gasteiger charge is 2.26. The quantitative estimate of drug-likeness (QED) is 0.847. The van der Waals surface area contributed by atoms with Crippen LogP contribution in [0, 0.1) is 12.8 Å². The first-order valence-corrected chi connectivity index (χ1v) is 6.38. The molecule has 1 aromatic rings. The minimum atomic E-state index is -0.838. The van der Waals surface area contributed by atoms with Crippen LogP contribution in [0.1, 0.15) is 44.9 Å². The molecule has 0 saturated carbocycles. The molecule has 2 atom stereocenters. The Morgan fingerprint density at radius 2 is 1.89 bits per heavy atom. The van der Waals surface area contributed by atoms with Crippen molar-refractivity contribution < 1.29 is 14.9 Å². The van der Waals surface area contributed by atoms with Gasteiger partial charge >= 0.3 is 0 Å². The van der Waals surface area contributed by atoms with Gasteiger partial charge in [0.25, 0.3) is 0 Å². The van der Waals surface area contributed by atoms with Gasteiger partial charge in [0, 0.05) is 0 Å². The van der Waals surface area contributed by atoms with E-state index < -0.39 is 11.7 Å². The Labute approximate surface area is 109 Å². The largest absolute Gasteiger partial charge is 0.490 e. The summed E-state index contributed by atoms with van der Waals surface area (Å²) in [6.07, 6.45) is -0.475. The Balaban J connectivity index is 2.75. The summed E-state index contributed by atoms with van der Waals surface area (Å²) >= 11 is 0. The predicted molar refractivity (Wildman–Crippen MR) is 72.8 cm³/mol. The molecular weight excluding hydrogens is 228 g/mol. The van der Waals surface area contributed by atoms with Crippen LogP contribution in [0.25, 0.3) is 0 Å². The molecule has 0 aliphatic heterocycles. The summed E-state index contributed by atoms with van der Waals surface area (Å²) in [6, 6.07) is 5.59. The topological polar surface area (TPSA) is 49.7 Å². The van der Waals surface area contributed by atoms with Gasteiger partial charge in [-0.05, 0) is 49.9 Å². The Hall–Kier alpha value is -1.06. The van der Waals surface area contributed by atoms with Gasteiger partial charge in [-0.1, -0.05) is 19.9 Å². The second kappa shape index (κ2) is 5.72. The van der Waals surface area contributed by atoms with Crippen LogP contribution in [-0.4, -0.2) is 22.4 Å². The summed E-state index contributed by atoms with van der Waals surface area (Å²) < 4.78 is 5.67. The number of ether oxygens (including phenoxy) is 1. The minimum absolute atomic E-state index is 0.134. The molecule has 0 spiro atoms. The van der Waals surface area contributed by atoms with Crippen molar-refractivity contribution in [2.24, 2.45) is 5.92 Å². The van der Waals surface area contributed by atoms with Crippen LogP contribution in [0.4, 0.5) is 0 Å². The fourth-order valence-electron chi connectivity index (χ4n) is 1.48. The number of aliphatic hydroxyl groups is 2. The zero-order valence-electron chi connectivity index (χ0n) is 11.9. The van der Waals surface area contributed by atoms with Crippen molar-refractivity contribution in [1.29, 1.82) is 0 Å². The van der Waals surface area contributed by atoms with Crippen LogP contribution < -0.4 is 4.74 Å². The van der Waals surface area contributed by atoms with E-state index in [9.17, 15) is 10.2 Å². The molecule has 2 N–H and O–H groups in total. The first-order chi connectivity index (χ1) is 8.24. The molecule has 1 aromatic carbocycles. The van der Waals surface area contributed by atoms with E-state index in [0.29, 0.717) is 0 Å². The fourth-order valence-corrected chi connectivity index (χ4v) is 1.48. The van der Waals surface area contributed by atoms with Gasteiger partial charge in [-0.3, -0.25) is 0 Å². The van der Waals surface area contributed by atoms with Crippen molar-refractivity contribution in [1.82, 2.24) is 0 Å². The SMILES string of the molecule is Cc1cc(C(C)O)ccc1OCC(C)(O)C(C)C. The Bertz CT molecular complexity index is 395. The molecule has 0 fully saturated rings. The number of aryl methyl sites for hydroxylation is 1. The zero-order valence-corrected chi connectivity index (χ0v) is 11.9. The average Bonchev–Trinajstić information content (AvgIpc) is 2.26. The second-order valence-electron chi connectivity index (χ2n) is 5.50. The molecule has 2 unspecified atom stereocenters. The molecule has 3 nitrogen and oxygen atoms in total. The van der Waals surface area contributed by atoms with E-state index in [2.05, 4.69) is 0 Å². The maximum Gasteiger partial charge on any atom is 0.122 e. The summed E-state index contributed by atoms with van der Waals surface area (Å²) in [5, 5.41) is 19.6. The van der Waals surface area contributed by atoms with Crippen molar-refractivity contribution in [3.8, 4) is 5.75 Å². The normalized spacial score (nSPS) is 16.4. The minimum Gasteiger partial charge on any atom is -0.490 e. The van der Waals surface area contributed by atoms with Crippen molar-refractivity contribution in [3.05, 3.63) is 29.3 Å². The molecule has 18 heavy (non-hydrogen) atoms. The maximum absolute atomic E-state index is 10.1. The van der Waals surface area contributed by atoms with Crippen LogP contribution in [0.3, 0.4) is 0 Å². The van der Waals surface area contributed by atoms with Crippen LogP contribution in [0.15, 0.2) is 18.2 Å². The lowest BCUT2D eigenvalue weighted by atomic mass is 9.94. The van der Waals surface area contributed by atoms with Gasteiger partial charge in [-0.15, -0.1) is 0 Å². The van der Waals surface area contributed by atoms with Crippen LogP contribution in [-0.2, 0) is 0 Å². The molecular formula is C15H24O3. The van der Waals surface area contributed by atoms with Gasteiger partial charge in [-0.2, -0.15) is 0 Å². The number of benzene rings is 1. The Morgan fingerprint density at radius 1 is 1.28 bits per heavy atom. The van der Waals surface area contributed by atoms with Crippen molar-refractivity contribution in [2.75, 3.05) is 6.61 Å². The summed E-state index contributed by atoms with van der Waals surface area (Å²) in [4.78, 5) is 0. The number of rotatable bonds is 5. The lowest BCUT2D eigenvalue weighted by molar-refractivity contribution is -0.0268. The molecule has 1 rings (SSSR count). The first-order valence-electron chi connectivity index (χ1n) is 6.38. The van der Waals surface area contributed by atoms with E-state index in [1.807, 2.05) is 39.0 Å². The highest BCUT2D eigenvalue weighted by Crippen LogP contribution is 2.24. The molecule has 0 amide bonds. The highest BCUT2D eigenvalue weighted by molar-refractivity contribution is 5.37. The van der Waals surface area contributed by atoms with E-state index in [1.165, 1.54) is 0 Å². The van der Waals surface area contributed by atoms with E-state index >= 15 is 0 Å². The average molecular weight is 252 g/mol. The number of hydrogen-bond acceptors (Lipinski definition) is 3. The summed E-state index contributed by atoms with van der Waals surface area (Å²) in [6.45, 7) is 9.64. The van der Waals surface area contributed by atoms with Gasteiger partial charge < -0.3 is 14.9 Å². The Kier molecular flexibility index (Phi) is 4.77. The van der Waals surface area contributed by atoms with E-state index in [0.717, 1.165) is 16.9 Å². The van der Waals surface area contributed by atoms with Gasteiger partial charge in [0.15, 0.2) is 0 Å².